The highest BCUT2D eigenvalue weighted by Crippen LogP contribution is 2.34. The number of rotatable bonds is 3. The molecule has 2 atom stereocenters. The van der Waals surface area contributed by atoms with Gasteiger partial charge in [0.1, 0.15) is 0 Å². The zero-order valence-corrected chi connectivity index (χ0v) is 17.2. The minimum absolute atomic E-state index is 0.0126. The third-order valence-electron chi connectivity index (χ3n) is 5.55. The molecule has 2 aliphatic heterocycles. The van der Waals surface area contributed by atoms with Crippen LogP contribution in [0.25, 0.3) is 10.9 Å². The molecule has 2 saturated heterocycles. The van der Waals surface area contributed by atoms with Crippen LogP contribution in [0.4, 0.5) is 4.79 Å². The fourth-order valence-electron chi connectivity index (χ4n) is 3.98. The number of fused-ring (bicyclic) bond motifs is 1. The number of Topliss-reactive ketones (excluding diaryl/α,β-unsaturated/α-hetero) is 1. The number of ether oxygens (including phenoxy) is 1. The third kappa shape index (κ3) is 3.51. The summed E-state index contributed by atoms with van der Waals surface area (Å²) in [5.41, 5.74) is 2.40. The Kier molecular flexibility index (Phi) is 5.28. The van der Waals surface area contributed by atoms with Crippen molar-refractivity contribution in [3.05, 3.63) is 66.1 Å². The highest BCUT2D eigenvalue weighted by molar-refractivity contribution is 7.99. The summed E-state index contributed by atoms with van der Waals surface area (Å²) in [4.78, 5) is 32.4. The van der Waals surface area contributed by atoms with Gasteiger partial charge in [0, 0.05) is 48.4 Å². The van der Waals surface area contributed by atoms with Gasteiger partial charge in [0.15, 0.2) is 5.78 Å². The van der Waals surface area contributed by atoms with E-state index in [1.807, 2.05) is 42.6 Å². The summed E-state index contributed by atoms with van der Waals surface area (Å²) in [7, 11) is 0. The van der Waals surface area contributed by atoms with Crippen LogP contribution in [0, 0.1) is 0 Å². The van der Waals surface area contributed by atoms with E-state index in [1.165, 1.54) is 0 Å². The number of amides is 1. The zero-order chi connectivity index (χ0) is 20.5. The summed E-state index contributed by atoms with van der Waals surface area (Å²) in [5.74, 6) is 0.689. The van der Waals surface area contributed by atoms with Crippen LogP contribution in [0.15, 0.2) is 55.0 Å². The summed E-state index contributed by atoms with van der Waals surface area (Å²) < 4.78 is 6.96. The average Bonchev–Trinajstić information content (AvgIpc) is 3.45. The Morgan fingerprint density at radius 2 is 1.97 bits per heavy atom. The van der Waals surface area contributed by atoms with Gasteiger partial charge in [-0.3, -0.25) is 19.7 Å². The number of hydrogen-bond donors (Lipinski definition) is 1. The molecule has 154 valence electrons. The molecule has 1 N–H and O–H groups in total. The molecule has 7 nitrogen and oxygen atoms in total. The molecular formula is C22H22N4O3S. The van der Waals surface area contributed by atoms with Crippen LogP contribution in [0.2, 0.25) is 0 Å². The first-order valence-corrected chi connectivity index (χ1v) is 11.1. The van der Waals surface area contributed by atoms with Crippen LogP contribution in [0.5, 0.6) is 0 Å². The molecule has 8 heteroatoms. The standard InChI is InChI=1S/C22H22N4O3S/c27-20(18-14-30-21(24-18)15-4-3-7-23-12-15)17-13-26(19-6-2-1-5-16(17)19)22(28)25-8-10-29-11-9-25/h1-7,12-13,18,21,24H,8-11,14H2. The van der Waals surface area contributed by atoms with E-state index in [-0.39, 0.29) is 23.2 Å². The second-order valence-electron chi connectivity index (χ2n) is 7.40. The summed E-state index contributed by atoms with van der Waals surface area (Å²) in [5, 5.41) is 4.27. The normalized spacial score (nSPS) is 21.8. The first kappa shape index (κ1) is 19.3. The minimum atomic E-state index is -0.307. The van der Waals surface area contributed by atoms with Crippen molar-refractivity contribution in [2.45, 2.75) is 11.4 Å². The van der Waals surface area contributed by atoms with Crippen molar-refractivity contribution in [1.29, 1.82) is 0 Å². The molecule has 0 spiro atoms. The number of carbonyl (C=O) groups excluding carboxylic acids is 2. The molecule has 4 heterocycles. The fourth-order valence-corrected chi connectivity index (χ4v) is 5.20. The Morgan fingerprint density at radius 3 is 2.77 bits per heavy atom. The number of para-hydroxylation sites is 1. The van der Waals surface area contributed by atoms with Crippen molar-refractivity contribution >= 4 is 34.5 Å². The number of nitrogens with one attached hydrogen (secondary N) is 1. The van der Waals surface area contributed by atoms with Crippen LogP contribution < -0.4 is 5.32 Å². The second kappa shape index (κ2) is 8.22. The van der Waals surface area contributed by atoms with Crippen molar-refractivity contribution in [2.24, 2.45) is 0 Å². The maximum atomic E-state index is 13.4. The summed E-state index contributed by atoms with van der Waals surface area (Å²) in [6.07, 6.45) is 5.27. The van der Waals surface area contributed by atoms with Crippen LogP contribution in [0.3, 0.4) is 0 Å². The van der Waals surface area contributed by atoms with Gasteiger partial charge >= 0.3 is 6.03 Å². The van der Waals surface area contributed by atoms with Gasteiger partial charge in [-0.05, 0) is 17.7 Å². The van der Waals surface area contributed by atoms with Crippen molar-refractivity contribution in [3.63, 3.8) is 0 Å². The minimum Gasteiger partial charge on any atom is -0.378 e. The van der Waals surface area contributed by atoms with E-state index in [4.69, 9.17) is 4.74 Å². The zero-order valence-electron chi connectivity index (χ0n) is 16.4. The van der Waals surface area contributed by atoms with Gasteiger partial charge in [0.2, 0.25) is 0 Å². The highest BCUT2D eigenvalue weighted by atomic mass is 32.2. The lowest BCUT2D eigenvalue weighted by molar-refractivity contribution is 0.0537. The first-order valence-electron chi connectivity index (χ1n) is 10.0. The Hall–Kier alpha value is -2.68. The molecule has 0 aliphatic carbocycles. The van der Waals surface area contributed by atoms with Crippen LogP contribution in [-0.2, 0) is 4.74 Å². The van der Waals surface area contributed by atoms with Crippen molar-refractivity contribution in [2.75, 3.05) is 32.1 Å². The molecule has 30 heavy (non-hydrogen) atoms. The summed E-state index contributed by atoms with van der Waals surface area (Å²) in [6, 6.07) is 11.1. The van der Waals surface area contributed by atoms with E-state index in [0.29, 0.717) is 37.6 Å². The van der Waals surface area contributed by atoms with E-state index < -0.39 is 0 Å². The Balaban J connectivity index is 1.43. The smallest absolute Gasteiger partial charge is 0.328 e. The van der Waals surface area contributed by atoms with Crippen LogP contribution >= 0.6 is 11.8 Å². The summed E-state index contributed by atoms with van der Waals surface area (Å²) in [6.45, 7) is 2.19. The van der Waals surface area contributed by atoms with E-state index in [9.17, 15) is 9.59 Å². The number of benzene rings is 1. The molecule has 2 aromatic heterocycles. The number of thioether (sulfide) groups is 1. The lowest BCUT2D eigenvalue weighted by atomic mass is 10.0. The quantitative estimate of drug-likeness (QED) is 0.654. The number of pyridine rings is 1. The topological polar surface area (TPSA) is 76.5 Å². The molecule has 3 aromatic rings. The van der Waals surface area contributed by atoms with Gasteiger partial charge in [-0.1, -0.05) is 24.3 Å². The molecule has 2 fully saturated rings. The molecule has 1 aromatic carbocycles. The van der Waals surface area contributed by atoms with Crippen LogP contribution in [0.1, 0.15) is 21.3 Å². The fraction of sp³-hybridized carbons (Fsp3) is 0.318. The second-order valence-corrected chi connectivity index (χ2v) is 8.53. The molecule has 1 amide bonds. The van der Waals surface area contributed by atoms with E-state index in [1.54, 1.807) is 33.6 Å². The monoisotopic (exact) mass is 422 g/mol. The van der Waals surface area contributed by atoms with E-state index in [0.717, 1.165) is 16.5 Å². The SMILES string of the molecule is O=C(c1cn(C(=O)N2CCOCC2)c2ccccc12)C1CSC(c2cccnc2)N1. The Bertz CT molecular complexity index is 1080. The maximum Gasteiger partial charge on any atom is 0.328 e. The van der Waals surface area contributed by atoms with Gasteiger partial charge in [-0.25, -0.2) is 4.79 Å². The number of aromatic nitrogens is 2. The first-order chi connectivity index (χ1) is 14.7. The lowest BCUT2D eigenvalue weighted by Gasteiger charge is -2.27. The molecular weight excluding hydrogens is 400 g/mol. The van der Waals surface area contributed by atoms with Crippen LogP contribution in [-0.4, -0.2) is 64.4 Å². The number of morpholine rings is 1. The summed E-state index contributed by atoms with van der Waals surface area (Å²) >= 11 is 1.70. The van der Waals surface area contributed by atoms with Crippen molar-refractivity contribution in [1.82, 2.24) is 19.8 Å². The van der Waals surface area contributed by atoms with Crippen molar-refractivity contribution < 1.29 is 14.3 Å². The number of nitrogens with zero attached hydrogens (tertiary/aromatic N) is 3. The molecule has 2 unspecified atom stereocenters. The maximum absolute atomic E-state index is 13.4. The van der Waals surface area contributed by atoms with Gasteiger partial charge in [0.25, 0.3) is 0 Å². The van der Waals surface area contributed by atoms with Gasteiger partial charge in [0.05, 0.1) is 30.1 Å². The highest BCUT2D eigenvalue weighted by Gasteiger charge is 2.33. The molecule has 0 saturated carbocycles. The predicted octanol–water partition coefficient (Wildman–Crippen LogP) is 2.92. The number of hydrogen-bond acceptors (Lipinski definition) is 6. The predicted molar refractivity (Wildman–Crippen MR) is 116 cm³/mol. The van der Waals surface area contributed by atoms with E-state index in [2.05, 4.69) is 10.3 Å². The number of carbonyl (C=O) groups is 2. The van der Waals surface area contributed by atoms with Gasteiger partial charge < -0.3 is 9.64 Å². The molecule has 0 bridgehead atoms. The average molecular weight is 423 g/mol. The Labute approximate surface area is 178 Å². The molecule has 2 aliphatic rings. The number of ketones is 1. The van der Waals surface area contributed by atoms with Gasteiger partial charge in [-0.2, -0.15) is 0 Å². The van der Waals surface area contributed by atoms with Gasteiger partial charge in [-0.15, -0.1) is 11.8 Å². The lowest BCUT2D eigenvalue weighted by Crippen LogP contribution is -2.42. The third-order valence-corrected chi connectivity index (χ3v) is 6.82. The van der Waals surface area contributed by atoms with E-state index >= 15 is 0 Å². The Morgan fingerprint density at radius 1 is 1.13 bits per heavy atom. The largest absolute Gasteiger partial charge is 0.378 e. The molecule has 0 radical (unpaired) electrons. The van der Waals surface area contributed by atoms with Crippen molar-refractivity contribution in [3.8, 4) is 0 Å². The molecule has 5 rings (SSSR count).